The quantitative estimate of drug-likeness (QED) is 0.542. The summed E-state index contributed by atoms with van der Waals surface area (Å²) in [4.78, 5) is 11.5. The lowest BCUT2D eigenvalue weighted by atomic mass is 10.1. The maximum Gasteiger partial charge on any atom is 0.273 e. The fraction of sp³-hybridized carbons (Fsp3) is 0. The Morgan fingerprint density at radius 2 is 1.81 bits per heavy atom. The number of hydrogen-bond donors (Lipinski definition) is 3. The summed E-state index contributed by atoms with van der Waals surface area (Å²) < 4.78 is 5.59. The maximum absolute atomic E-state index is 11.9. The lowest BCUT2D eigenvalue weighted by Crippen LogP contribution is -2.34. The van der Waals surface area contributed by atoms with Gasteiger partial charge in [-0.1, -0.05) is 12.1 Å². The van der Waals surface area contributed by atoms with Gasteiger partial charge in [-0.2, -0.15) is 4.90 Å². The largest absolute Gasteiger partial charge is 0.612 e. The van der Waals surface area contributed by atoms with Crippen molar-refractivity contribution >= 4 is 23.4 Å². The lowest BCUT2D eigenvalue weighted by molar-refractivity contribution is -0.377. The van der Waals surface area contributed by atoms with Gasteiger partial charge < -0.3 is 25.4 Å². The first-order valence-electron chi connectivity index (χ1n) is 7.56. The van der Waals surface area contributed by atoms with Gasteiger partial charge in [0, 0.05) is 17.7 Å². The van der Waals surface area contributed by atoms with Gasteiger partial charge in [-0.3, -0.25) is 10.2 Å². The van der Waals surface area contributed by atoms with Crippen molar-refractivity contribution in [2.75, 3.05) is 0 Å². The first-order chi connectivity index (χ1) is 12.5. The number of benzene rings is 1. The molecule has 0 spiro atoms. The summed E-state index contributed by atoms with van der Waals surface area (Å²) in [5.41, 5.74) is 6.81. The standard InChI is InChI=1S/C18H14N3O5/c22-16-4-2-1-3-15(16)18(23)20-19-11-14-9-10-17(26-14)12-5-7-13(8-6-12)21(24)25/h1-11,19H,(H2-,20,22,23,24,25)/q-1. The van der Waals surface area contributed by atoms with Crippen LogP contribution in [-0.4, -0.2) is 21.6 Å². The van der Waals surface area contributed by atoms with Crippen LogP contribution in [0, 0.1) is 10.4 Å². The van der Waals surface area contributed by atoms with E-state index in [1.54, 1.807) is 36.4 Å². The zero-order valence-corrected chi connectivity index (χ0v) is 13.4. The van der Waals surface area contributed by atoms with E-state index in [0.29, 0.717) is 16.4 Å². The number of para-hydroxylation sites is 1. The molecule has 8 heteroatoms. The molecule has 1 aromatic heterocycles. The maximum atomic E-state index is 11.9. The number of nitrogens with zero attached hydrogens (tertiary/aromatic N) is 1. The molecule has 8 nitrogen and oxygen atoms in total. The Bertz CT molecular complexity index is 1020. The Morgan fingerprint density at radius 3 is 2.50 bits per heavy atom. The second-order valence-corrected chi connectivity index (χ2v) is 5.27. The number of carbonyl (C=O) groups is 1. The average molecular weight is 352 g/mol. The Balaban J connectivity index is 1.71. The Hall–Kier alpha value is -3.94. The Labute approximate surface area is 147 Å². The van der Waals surface area contributed by atoms with E-state index in [-0.39, 0.29) is 17.0 Å². The Morgan fingerprint density at radius 1 is 1.08 bits per heavy atom. The highest BCUT2D eigenvalue weighted by Gasteiger charge is 2.08. The van der Waals surface area contributed by atoms with Crippen molar-refractivity contribution in [3.05, 3.63) is 87.5 Å². The number of hydrogen-bond acceptors (Lipinski definition) is 6. The van der Waals surface area contributed by atoms with Gasteiger partial charge in [0.05, 0.1) is 11.8 Å². The van der Waals surface area contributed by atoms with Crippen LogP contribution in [0.4, 0.5) is 0 Å². The van der Waals surface area contributed by atoms with Crippen LogP contribution in [0.2, 0.25) is 0 Å². The van der Waals surface area contributed by atoms with Crippen molar-refractivity contribution < 1.29 is 19.2 Å². The predicted molar refractivity (Wildman–Crippen MR) is 94.8 cm³/mol. The number of allylic oxidation sites excluding steroid dienone is 4. The SMILES string of the molecule is O=C(NNC=c1ccc(=C2C=CC(=[N+]([O-])[O-])C=C2)o1)c1ccccc1O. The molecule has 0 unspecified atom stereocenters. The average Bonchev–Trinajstić information content (AvgIpc) is 3.11. The summed E-state index contributed by atoms with van der Waals surface area (Å²) in [5, 5.41) is 31.0. The Kier molecular flexibility index (Phi) is 4.75. The fourth-order valence-corrected chi connectivity index (χ4v) is 2.24. The first-order valence-corrected chi connectivity index (χ1v) is 7.56. The molecule has 0 radical (unpaired) electrons. The number of furan rings is 1. The molecular weight excluding hydrogens is 338 g/mol. The summed E-state index contributed by atoms with van der Waals surface area (Å²) in [6.45, 7) is 0. The van der Waals surface area contributed by atoms with Gasteiger partial charge >= 0.3 is 0 Å². The van der Waals surface area contributed by atoms with Crippen LogP contribution in [0.1, 0.15) is 10.4 Å². The minimum atomic E-state index is -0.499. The number of aromatic hydroxyl groups is 1. The molecule has 1 amide bonds. The van der Waals surface area contributed by atoms with Crippen LogP contribution in [0.3, 0.4) is 0 Å². The molecule has 1 heterocycles. The molecule has 3 N–H and O–H groups in total. The minimum absolute atomic E-state index is 0.000589. The number of phenolic OH excluding ortho intramolecular Hbond substituents is 1. The van der Waals surface area contributed by atoms with Gasteiger partial charge in [-0.15, -0.1) is 0 Å². The second-order valence-electron chi connectivity index (χ2n) is 5.27. The number of hydrazine groups is 1. The predicted octanol–water partition coefficient (Wildman–Crippen LogP) is 0.384. The normalized spacial score (nSPS) is 13.8. The molecular formula is C18H14N3O5-. The van der Waals surface area contributed by atoms with E-state index in [2.05, 4.69) is 10.9 Å². The van der Waals surface area contributed by atoms with E-state index in [1.807, 2.05) is 0 Å². The summed E-state index contributed by atoms with van der Waals surface area (Å²) >= 11 is 0. The van der Waals surface area contributed by atoms with E-state index in [1.165, 1.54) is 30.5 Å². The molecule has 26 heavy (non-hydrogen) atoms. The van der Waals surface area contributed by atoms with Crippen molar-refractivity contribution in [1.82, 2.24) is 10.9 Å². The number of phenols is 1. The van der Waals surface area contributed by atoms with Gasteiger partial charge in [0.2, 0.25) is 5.71 Å². The number of rotatable bonds is 3. The van der Waals surface area contributed by atoms with E-state index in [0.717, 1.165) is 0 Å². The van der Waals surface area contributed by atoms with Gasteiger partial charge in [0.25, 0.3) is 5.91 Å². The van der Waals surface area contributed by atoms with Gasteiger partial charge in [-0.05, 0) is 36.4 Å². The fourth-order valence-electron chi connectivity index (χ4n) is 2.24. The smallest absolute Gasteiger partial charge is 0.273 e. The van der Waals surface area contributed by atoms with Crippen molar-refractivity contribution in [3.63, 3.8) is 0 Å². The molecule has 132 valence electrons. The van der Waals surface area contributed by atoms with Crippen LogP contribution in [0.5, 0.6) is 5.75 Å². The van der Waals surface area contributed by atoms with Crippen molar-refractivity contribution in [2.24, 2.45) is 0 Å². The molecule has 0 atom stereocenters. The molecule has 3 rings (SSSR count). The molecule has 0 saturated heterocycles. The zero-order chi connectivity index (χ0) is 18.5. The van der Waals surface area contributed by atoms with E-state index < -0.39 is 10.8 Å². The monoisotopic (exact) mass is 352 g/mol. The van der Waals surface area contributed by atoms with Crippen LogP contribution < -0.4 is 21.7 Å². The van der Waals surface area contributed by atoms with Crippen molar-refractivity contribution in [2.45, 2.75) is 0 Å². The van der Waals surface area contributed by atoms with Crippen LogP contribution in [0.25, 0.3) is 11.8 Å². The number of nitrogens with one attached hydrogen (secondary N) is 2. The zero-order valence-electron chi connectivity index (χ0n) is 13.4. The first kappa shape index (κ1) is 16.9. The molecule has 1 aromatic carbocycles. The third kappa shape index (κ3) is 3.75. The topological polar surface area (TPSA) is 124 Å². The van der Waals surface area contributed by atoms with Crippen molar-refractivity contribution in [1.29, 1.82) is 0 Å². The lowest BCUT2D eigenvalue weighted by Gasteiger charge is -2.07. The van der Waals surface area contributed by atoms with E-state index in [4.69, 9.17) is 4.42 Å². The van der Waals surface area contributed by atoms with E-state index in [9.17, 15) is 20.3 Å². The van der Waals surface area contributed by atoms with Crippen LogP contribution >= 0.6 is 0 Å². The van der Waals surface area contributed by atoms with Crippen molar-refractivity contribution in [3.8, 4) is 5.75 Å². The van der Waals surface area contributed by atoms with E-state index >= 15 is 0 Å². The molecule has 1 aliphatic carbocycles. The van der Waals surface area contributed by atoms with Gasteiger partial charge in [0.15, 0.2) is 0 Å². The van der Waals surface area contributed by atoms with Crippen LogP contribution in [0.15, 0.2) is 65.1 Å². The summed E-state index contributed by atoms with van der Waals surface area (Å²) in [5.74, 6) is -0.619. The minimum Gasteiger partial charge on any atom is -0.612 e. The molecule has 2 aromatic rings. The third-order valence-electron chi connectivity index (χ3n) is 3.54. The highest BCUT2D eigenvalue weighted by molar-refractivity contribution is 6.05. The summed E-state index contributed by atoms with van der Waals surface area (Å²) in [6, 6.07) is 9.55. The third-order valence-corrected chi connectivity index (χ3v) is 3.54. The van der Waals surface area contributed by atoms with Crippen LogP contribution in [-0.2, 0) is 0 Å². The molecule has 0 fully saturated rings. The highest BCUT2D eigenvalue weighted by atomic mass is 16.8. The van der Waals surface area contributed by atoms with Gasteiger partial charge in [0.1, 0.15) is 16.6 Å². The molecule has 0 aliphatic heterocycles. The molecule has 1 aliphatic rings. The number of amides is 1. The molecule has 0 saturated carbocycles. The van der Waals surface area contributed by atoms with Gasteiger partial charge in [-0.25, -0.2) is 0 Å². The summed E-state index contributed by atoms with van der Waals surface area (Å²) in [6.07, 6.45) is 7.41. The summed E-state index contributed by atoms with van der Waals surface area (Å²) in [7, 11) is 0. The highest BCUT2D eigenvalue weighted by Crippen LogP contribution is 2.14. The molecule has 0 bridgehead atoms. The number of carbonyl (C=O) groups excluding carboxylic acids is 1. The second kappa shape index (κ2) is 7.31.